The van der Waals surface area contributed by atoms with Crippen LogP contribution in [0.15, 0.2) is 57.6 Å². The van der Waals surface area contributed by atoms with Gasteiger partial charge < -0.3 is 14.3 Å². The number of carbonyl (C=O) groups is 1. The van der Waals surface area contributed by atoms with Crippen molar-refractivity contribution in [3.8, 4) is 34.5 Å². The van der Waals surface area contributed by atoms with Crippen molar-refractivity contribution in [3.05, 3.63) is 59.0 Å². The first-order chi connectivity index (χ1) is 14.0. The second-order valence-corrected chi connectivity index (χ2v) is 6.63. The van der Waals surface area contributed by atoms with E-state index in [1.54, 1.807) is 30.3 Å². The third-order valence-corrected chi connectivity index (χ3v) is 4.34. The van der Waals surface area contributed by atoms with E-state index in [4.69, 9.17) is 14.3 Å². The monoisotopic (exact) mass is 459 g/mol. The van der Waals surface area contributed by atoms with E-state index < -0.39 is 18.3 Å². The van der Waals surface area contributed by atoms with Crippen LogP contribution >= 0.6 is 15.9 Å². The zero-order valence-corrected chi connectivity index (χ0v) is 16.1. The van der Waals surface area contributed by atoms with Crippen LogP contribution in [0.25, 0.3) is 23.0 Å². The normalized spacial score (nSPS) is 10.8. The molecule has 2 aromatic carbocycles. The molecule has 0 bridgehead atoms. The van der Waals surface area contributed by atoms with Gasteiger partial charge in [-0.2, -0.15) is 4.80 Å². The lowest BCUT2D eigenvalue weighted by Gasteiger charge is -2.08. The number of nitrogens with zero attached hydrogens (tertiary/aromatic N) is 5. The Morgan fingerprint density at radius 3 is 2.79 bits per heavy atom. The van der Waals surface area contributed by atoms with E-state index in [1.165, 1.54) is 18.4 Å². The second-order valence-electron chi connectivity index (χ2n) is 5.78. The Morgan fingerprint density at radius 1 is 1.24 bits per heavy atom. The highest BCUT2D eigenvalue weighted by Gasteiger charge is 2.14. The van der Waals surface area contributed by atoms with Crippen molar-refractivity contribution in [3.63, 3.8) is 0 Å². The van der Waals surface area contributed by atoms with Crippen molar-refractivity contribution in [2.24, 2.45) is 0 Å². The number of carboxylic acids is 1. The van der Waals surface area contributed by atoms with Crippen LogP contribution < -0.4 is 4.74 Å². The van der Waals surface area contributed by atoms with Gasteiger partial charge >= 0.3 is 5.97 Å². The van der Waals surface area contributed by atoms with Crippen molar-refractivity contribution in [2.45, 2.75) is 6.54 Å². The van der Waals surface area contributed by atoms with Gasteiger partial charge in [-0.05, 0) is 57.5 Å². The number of aliphatic carboxylic acids is 1. The minimum Gasteiger partial charge on any atom is -0.480 e. The summed E-state index contributed by atoms with van der Waals surface area (Å²) in [5.41, 5.74) is 0.987. The van der Waals surface area contributed by atoms with Gasteiger partial charge in [0.25, 0.3) is 0 Å². The van der Waals surface area contributed by atoms with Crippen LogP contribution in [0.1, 0.15) is 0 Å². The number of oxazole rings is 1. The summed E-state index contributed by atoms with van der Waals surface area (Å²) in [6.07, 6.45) is 1.35. The van der Waals surface area contributed by atoms with Gasteiger partial charge in [-0.25, -0.2) is 9.37 Å². The topological polar surface area (TPSA) is 116 Å². The maximum atomic E-state index is 13.4. The molecule has 4 rings (SSSR count). The van der Waals surface area contributed by atoms with Gasteiger partial charge in [0.2, 0.25) is 11.7 Å². The number of carboxylic acid groups (broad SMARTS) is 1. The molecule has 0 saturated carbocycles. The van der Waals surface area contributed by atoms with Crippen LogP contribution in [-0.4, -0.2) is 36.3 Å². The maximum absolute atomic E-state index is 13.4. The summed E-state index contributed by atoms with van der Waals surface area (Å²) in [7, 11) is 0. The zero-order chi connectivity index (χ0) is 20.4. The highest BCUT2D eigenvalue weighted by molar-refractivity contribution is 9.10. The SMILES string of the molecule is O=C(O)Cn1nnc(-c2coc(-c3ccc(Oc4cc(F)ccc4Br)cc3)n2)n1. The minimum absolute atomic E-state index is 0.150. The van der Waals surface area contributed by atoms with Gasteiger partial charge in [0.15, 0.2) is 12.2 Å². The lowest BCUT2D eigenvalue weighted by Crippen LogP contribution is -2.11. The number of hydrogen-bond donors (Lipinski definition) is 1. The summed E-state index contributed by atoms with van der Waals surface area (Å²) in [6.45, 7) is -0.402. The van der Waals surface area contributed by atoms with Crippen LogP contribution in [0.4, 0.5) is 4.39 Å². The standard InChI is InChI=1S/C18H11BrFN5O4/c19-13-6-3-11(20)7-15(13)29-12-4-1-10(2-5-12)18-21-14(9-28-18)17-22-24-25(23-17)8-16(26)27/h1-7,9H,8H2,(H,26,27). The van der Waals surface area contributed by atoms with Gasteiger partial charge in [-0.1, -0.05) is 0 Å². The van der Waals surface area contributed by atoms with Gasteiger partial charge in [0.05, 0.1) is 4.47 Å². The quantitative estimate of drug-likeness (QED) is 0.462. The highest BCUT2D eigenvalue weighted by atomic mass is 79.9. The summed E-state index contributed by atoms with van der Waals surface area (Å²) < 4.78 is 25.1. The Bertz CT molecular complexity index is 1180. The van der Waals surface area contributed by atoms with Crippen LogP contribution in [0, 0.1) is 5.82 Å². The fourth-order valence-electron chi connectivity index (χ4n) is 2.39. The number of tetrazole rings is 1. The molecular formula is C18H11BrFN5O4. The average Bonchev–Trinajstić information content (AvgIpc) is 3.34. The molecule has 0 aliphatic heterocycles. The number of aromatic nitrogens is 5. The Kier molecular flexibility index (Phi) is 5.04. The Labute approximate surface area is 170 Å². The smallest absolute Gasteiger partial charge is 0.327 e. The predicted octanol–water partition coefficient (Wildman–Crippen LogP) is 3.77. The molecule has 1 N–H and O–H groups in total. The Morgan fingerprint density at radius 2 is 2.03 bits per heavy atom. The number of rotatable bonds is 6. The summed E-state index contributed by atoms with van der Waals surface area (Å²) in [6, 6.07) is 11.0. The lowest BCUT2D eigenvalue weighted by atomic mass is 10.2. The zero-order valence-electron chi connectivity index (χ0n) is 14.5. The molecule has 0 amide bonds. The van der Waals surface area contributed by atoms with Crippen LogP contribution in [0.2, 0.25) is 0 Å². The first-order valence-electron chi connectivity index (χ1n) is 8.17. The van der Waals surface area contributed by atoms with E-state index in [1.807, 2.05) is 0 Å². The molecule has 0 aliphatic carbocycles. The van der Waals surface area contributed by atoms with E-state index in [2.05, 4.69) is 36.3 Å². The van der Waals surface area contributed by atoms with Crippen molar-refractivity contribution in [2.75, 3.05) is 0 Å². The lowest BCUT2D eigenvalue weighted by molar-refractivity contribution is -0.138. The van der Waals surface area contributed by atoms with Crippen molar-refractivity contribution < 1.29 is 23.4 Å². The molecule has 2 aromatic heterocycles. The van der Waals surface area contributed by atoms with Crippen LogP contribution in [0.5, 0.6) is 11.5 Å². The highest BCUT2D eigenvalue weighted by Crippen LogP contribution is 2.31. The molecule has 0 radical (unpaired) electrons. The molecule has 146 valence electrons. The molecule has 29 heavy (non-hydrogen) atoms. The third kappa shape index (κ3) is 4.29. The van der Waals surface area contributed by atoms with Gasteiger partial charge in [-0.15, -0.1) is 10.2 Å². The van der Waals surface area contributed by atoms with Crippen LogP contribution in [0.3, 0.4) is 0 Å². The van der Waals surface area contributed by atoms with Crippen LogP contribution in [-0.2, 0) is 11.3 Å². The molecule has 0 unspecified atom stereocenters. The molecule has 0 atom stereocenters. The molecule has 2 heterocycles. The van der Waals surface area contributed by atoms with E-state index in [0.717, 1.165) is 4.80 Å². The Balaban J connectivity index is 1.50. The number of ether oxygens (including phenoxy) is 1. The largest absolute Gasteiger partial charge is 0.480 e. The molecule has 9 nitrogen and oxygen atoms in total. The minimum atomic E-state index is -1.08. The first-order valence-corrected chi connectivity index (χ1v) is 8.96. The summed E-state index contributed by atoms with van der Waals surface area (Å²) >= 11 is 3.31. The van der Waals surface area contributed by atoms with Crippen molar-refractivity contribution >= 4 is 21.9 Å². The number of halogens is 2. The van der Waals surface area contributed by atoms with E-state index >= 15 is 0 Å². The predicted molar refractivity (Wildman–Crippen MR) is 101 cm³/mol. The summed E-state index contributed by atoms with van der Waals surface area (Å²) in [4.78, 5) is 15.9. The van der Waals surface area contributed by atoms with Crippen molar-refractivity contribution in [1.82, 2.24) is 25.2 Å². The van der Waals surface area contributed by atoms with Crippen molar-refractivity contribution in [1.29, 1.82) is 0 Å². The molecular weight excluding hydrogens is 449 g/mol. The second kappa shape index (κ2) is 7.80. The summed E-state index contributed by atoms with van der Waals surface area (Å²) in [5.74, 6) is -0.162. The third-order valence-electron chi connectivity index (χ3n) is 3.69. The van der Waals surface area contributed by atoms with E-state index in [-0.39, 0.29) is 5.82 Å². The summed E-state index contributed by atoms with van der Waals surface area (Å²) in [5, 5.41) is 20.1. The molecule has 4 aromatic rings. The maximum Gasteiger partial charge on any atom is 0.327 e. The first kappa shape index (κ1) is 18.7. The molecule has 0 saturated heterocycles. The fraction of sp³-hybridized carbons (Fsp3) is 0.0556. The molecule has 11 heteroatoms. The molecule has 0 aliphatic rings. The molecule has 0 spiro atoms. The van der Waals surface area contributed by atoms with Gasteiger partial charge in [-0.3, -0.25) is 4.79 Å². The number of benzene rings is 2. The average molecular weight is 460 g/mol. The van der Waals surface area contributed by atoms with E-state index in [9.17, 15) is 9.18 Å². The van der Waals surface area contributed by atoms with Gasteiger partial charge in [0, 0.05) is 11.6 Å². The van der Waals surface area contributed by atoms with E-state index in [0.29, 0.717) is 33.1 Å². The fourth-order valence-corrected chi connectivity index (χ4v) is 2.72. The Hall–Kier alpha value is -3.60. The van der Waals surface area contributed by atoms with Gasteiger partial charge in [0.1, 0.15) is 23.6 Å². The number of hydrogen-bond acceptors (Lipinski definition) is 7. The molecule has 0 fully saturated rings.